The first-order chi connectivity index (χ1) is 19.5. The summed E-state index contributed by atoms with van der Waals surface area (Å²) in [6.45, 7) is 8.93. The van der Waals surface area contributed by atoms with E-state index in [4.69, 9.17) is 0 Å². The largest absolute Gasteiger partial charge is 0.310 e. The Bertz CT molecular complexity index is 1590. The number of benzene rings is 5. The summed E-state index contributed by atoms with van der Waals surface area (Å²) >= 11 is 0. The third-order valence-corrected chi connectivity index (χ3v) is 9.11. The second-order valence-electron chi connectivity index (χ2n) is 11.4. The minimum Gasteiger partial charge on any atom is -0.310 e. The van der Waals surface area contributed by atoms with Crippen molar-refractivity contribution in [3.05, 3.63) is 149 Å². The van der Waals surface area contributed by atoms with Crippen LogP contribution in [0.25, 0.3) is 11.1 Å². The Labute approximate surface area is 240 Å². The third-order valence-electron chi connectivity index (χ3n) is 9.11. The van der Waals surface area contributed by atoms with Gasteiger partial charge >= 0.3 is 0 Å². The predicted molar refractivity (Wildman–Crippen MR) is 171 cm³/mol. The van der Waals surface area contributed by atoms with E-state index in [9.17, 15) is 0 Å². The lowest BCUT2D eigenvalue weighted by molar-refractivity contribution is 0.478. The fraction of sp³-hybridized carbons (Fsp3) is 0.231. The lowest BCUT2D eigenvalue weighted by atomic mass is 9.70. The van der Waals surface area contributed by atoms with E-state index in [-0.39, 0.29) is 5.41 Å². The monoisotopic (exact) mass is 521 g/mol. The van der Waals surface area contributed by atoms with Gasteiger partial charge in [0.05, 0.1) is 0 Å². The SMILES string of the molecule is CCC(CC)(c1ccc(C)cc1)c1ccc(-c2ccc(N(c3ccc(C)cc3)c3ccc4c(c3)CC4)cc2)cc1. The highest BCUT2D eigenvalue weighted by molar-refractivity contribution is 5.79. The predicted octanol–water partition coefficient (Wildman–Crippen LogP) is 10.6. The van der Waals surface area contributed by atoms with Gasteiger partial charge in [0.15, 0.2) is 0 Å². The second-order valence-corrected chi connectivity index (χ2v) is 11.4. The van der Waals surface area contributed by atoms with Crippen molar-refractivity contribution in [1.29, 1.82) is 0 Å². The molecular formula is C39H39N. The van der Waals surface area contributed by atoms with Crippen molar-refractivity contribution in [3.8, 4) is 11.1 Å². The van der Waals surface area contributed by atoms with Crippen molar-refractivity contribution in [2.75, 3.05) is 4.90 Å². The van der Waals surface area contributed by atoms with E-state index >= 15 is 0 Å². The molecule has 0 fully saturated rings. The van der Waals surface area contributed by atoms with Gasteiger partial charge in [0.1, 0.15) is 0 Å². The first-order valence-corrected chi connectivity index (χ1v) is 14.8. The van der Waals surface area contributed by atoms with E-state index in [1.54, 1.807) is 0 Å². The molecule has 0 unspecified atom stereocenters. The average molecular weight is 522 g/mol. The van der Waals surface area contributed by atoms with Crippen LogP contribution in [-0.4, -0.2) is 0 Å². The molecule has 0 amide bonds. The first kappa shape index (κ1) is 26.1. The average Bonchev–Trinajstić information content (AvgIpc) is 2.98. The van der Waals surface area contributed by atoms with Crippen LogP contribution >= 0.6 is 0 Å². The quantitative estimate of drug-likeness (QED) is 0.196. The second kappa shape index (κ2) is 10.8. The van der Waals surface area contributed by atoms with E-state index in [2.05, 4.69) is 148 Å². The molecule has 1 nitrogen and oxygen atoms in total. The van der Waals surface area contributed by atoms with Gasteiger partial charge in [-0.3, -0.25) is 0 Å². The van der Waals surface area contributed by atoms with Crippen molar-refractivity contribution in [2.45, 2.75) is 58.8 Å². The Morgan fingerprint density at radius 3 is 1.40 bits per heavy atom. The van der Waals surface area contributed by atoms with Gasteiger partial charge in [-0.2, -0.15) is 0 Å². The van der Waals surface area contributed by atoms with Crippen molar-refractivity contribution in [1.82, 2.24) is 0 Å². The number of hydrogen-bond donors (Lipinski definition) is 0. The van der Waals surface area contributed by atoms with Gasteiger partial charge in [-0.25, -0.2) is 0 Å². The normalized spacial score (nSPS) is 12.5. The summed E-state index contributed by atoms with van der Waals surface area (Å²) in [6, 6.07) is 43.2. The fourth-order valence-corrected chi connectivity index (χ4v) is 6.35. The Balaban J connectivity index is 1.31. The molecule has 5 aromatic carbocycles. The summed E-state index contributed by atoms with van der Waals surface area (Å²) in [7, 11) is 0. The van der Waals surface area contributed by atoms with Crippen LogP contribution in [0.2, 0.25) is 0 Å². The van der Waals surface area contributed by atoms with Crippen LogP contribution in [0.4, 0.5) is 17.1 Å². The molecule has 0 radical (unpaired) electrons. The lowest BCUT2D eigenvalue weighted by Gasteiger charge is -2.33. The van der Waals surface area contributed by atoms with Crippen molar-refractivity contribution >= 4 is 17.1 Å². The topological polar surface area (TPSA) is 3.24 Å². The molecule has 200 valence electrons. The highest BCUT2D eigenvalue weighted by Crippen LogP contribution is 2.41. The minimum atomic E-state index is 0.0433. The smallest absolute Gasteiger partial charge is 0.0464 e. The Kier molecular flexibility index (Phi) is 7.07. The number of nitrogens with zero attached hydrogens (tertiary/aromatic N) is 1. The molecule has 0 saturated carbocycles. The fourth-order valence-electron chi connectivity index (χ4n) is 6.35. The van der Waals surface area contributed by atoms with E-state index in [1.807, 2.05) is 0 Å². The van der Waals surface area contributed by atoms with Gasteiger partial charge in [0.2, 0.25) is 0 Å². The zero-order chi connectivity index (χ0) is 27.7. The maximum Gasteiger partial charge on any atom is 0.0464 e. The molecule has 1 aliphatic rings. The molecule has 0 atom stereocenters. The standard InChI is InChI=1S/C39H39N/c1-5-39(6-2,34-18-7-28(3)8-19-34)35-20-13-30(14-21-35)31-15-24-37(25-16-31)40(36-22-9-29(4)10-23-36)38-26-17-32-11-12-33(32)27-38/h7-10,13-27H,5-6,11-12H2,1-4H3. The summed E-state index contributed by atoms with van der Waals surface area (Å²) in [5.74, 6) is 0. The molecule has 6 rings (SSSR count). The molecule has 1 heteroatoms. The number of fused-ring (bicyclic) bond motifs is 1. The van der Waals surface area contributed by atoms with Crippen LogP contribution in [-0.2, 0) is 18.3 Å². The molecule has 0 aromatic heterocycles. The molecular weight excluding hydrogens is 482 g/mol. The van der Waals surface area contributed by atoms with E-state index in [1.165, 1.54) is 74.4 Å². The van der Waals surface area contributed by atoms with Crippen LogP contribution in [0.1, 0.15) is 60.1 Å². The van der Waals surface area contributed by atoms with Crippen LogP contribution in [0.5, 0.6) is 0 Å². The van der Waals surface area contributed by atoms with Gasteiger partial charge in [0.25, 0.3) is 0 Å². The van der Waals surface area contributed by atoms with Gasteiger partial charge in [-0.05, 0) is 109 Å². The third kappa shape index (κ3) is 4.75. The molecule has 0 aliphatic heterocycles. The molecule has 5 aromatic rings. The zero-order valence-corrected chi connectivity index (χ0v) is 24.2. The summed E-state index contributed by atoms with van der Waals surface area (Å²) < 4.78 is 0. The molecule has 0 spiro atoms. The summed E-state index contributed by atoms with van der Waals surface area (Å²) in [5, 5.41) is 0. The highest BCUT2D eigenvalue weighted by atomic mass is 15.1. The Morgan fingerprint density at radius 2 is 0.925 bits per heavy atom. The number of hydrogen-bond acceptors (Lipinski definition) is 1. The van der Waals surface area contributed by atoms with Crippen LogP contribution < -0.4 is 4.90 Å². The first-order valence-electron chi connectivity index (χ1n) is 14.8. The van der Waals surface area contributed by atoms with Crippen molar-refractivity contribution < 1.29 is 0 Å². The molecule has 0 saturated heterocycles. The summed E-state index contributed by atoms with van der Waals surface area (Å²) in [4.78, 5) is 2.38. The van der Waals surface area contributed by atoms with E-state index in [0.717, 1.165) is 12.8 Å². The maximum absolute atomic E-state index is 2.38. The van der Waals surface area contributed by atoms with Crippen LogP contribution in [0.3, 0.4) is 0 Å². The zero-order valence-electron chi connectivity index (χ0n) is 24.2. The van der Waals surface area contributed by atoms with Crippen molar-refractivity contribution in [3.63, 3.8) is 0 Å². The van der Waals surface area contributed by atoms with Crippen LogP contribution in [0.15, 0.2) is 115 Å². The Morgan fingerprint density at radius 1 is 0.500 bits per heavy atom. The molecule has 1 aliphatic carbocycles. The maximum atomic E-state index is 2.38. The van der Waals surface area contributed by atoms with Gasteiger partial charge in [0, 0.05) is 22.5 Å². The summed E-state index contributed by atoms with van der Waals surface area (Å²) in [5.41, 5.74) is 14.5. The highest BCUT2D eigenvalue weighted by Gasteiger charge is 2.30. The van der Waals surface area contributed by atoms with Gasteiger partial charge < -0.3 is 4.90 Å². The molecule has 0 heterocycles. The molecule has 0 bridgehead atoms. The minimum absolute atomic E-state index is 0.0433. The Hall–Kier alpha value is -4.10. The lowest BCUT2D eigenvalue weighted by Crippen LogP contribution is -2.26. The number of rotatable bonds is 8. The van der Waals surface area contributed by atoms with Gasteiger partial charge in [-0.1, -0.05) is 104 Å². The number of aryl methyl sites for hydroxylation is 4. The van der Waals surface area contributed by atoms with Gasteiger partial charge in [-0.15, -0.1) is 0 Å². The molecule has 40 heavy (non-hydrogen) atoms. The van der Waals surface area contributed by atoms with E-state index in [0.29, 0.717) is 0 Å². The van der Waals surface area contributed by atoms with Crippen LogP contribution in [0, 0.1) is 13.8 Å². The molecule has 0 N–H and O–H groups in total. The van der Waals surface area contributed by atoms with E-state index < -0.39 is 0 Å². The van der Waals surface area contributed by atoms with Crippen molar-refractivity contribution in [2.24, 2.45) is 0 Å². The number of anilines is 3. The summed E-state index contributed by atoms with van der Waals surface area (Å²) in [6.07, 6.45) is 4.55.